The molecule has 0 aliphatic rings. The van der Waals surface area contributed by atoms with Crippen LogP contribution in [0.5, 0.6) is 11.5 Å². The van der Waals surface area contributed by atoms with Crippen molar-refractivity contribution < 1.29 is 9.47 Å². The van der Waals surface area contributed by atoms with Gasteiger partial charge in [0.25, 0.3) is 0 Å². The van der Waals surface area contributed by atoms with Gasteiger partial charge in [-0.3, -0.25) is 0 Å². The predicted octanol–water partition coefficient (Wildman–Crippen LogP) is 6.05. The normalized spacial score (nSPS) is 11.0. The van der Waals surface area contributed by atoms with Gasteiger partial charge in [-0.25, -0.2) is 4.98 Å². The summed E-state index contributed by atoms with van der Waals surface area (Å²) in [5.41, 5.74) is 4.07. The number of aromatic amines is 1. The highest BCUT2D eigenvalue weighted by Crippen LogP contribution is 2.31. The zero-order valence-electron chi connectivity index (χ0n) is 15.2. The lowest BCUT2D eigenvalue weighted by molar-refractivity contribution is 0.284. The van der Waals surface area contributed by atoms with Gasteiger partial charge in [0.2, 0.25) is 0 Å². The van der Waals surface area contributed by atoms with Gasteiger partial charge in [0.15, 0.2) is 11.5 Å². The highest BCUT2D eigenvalue weighted by molar-refractivity contribution is 6.35. The van der Waals surface area contributed by atoms with Gasteiger partial charge in [-0.15, -0.1) is 0 Å². The van der Waals surface area contributed by atoms with E-state index in [4.69, 9.17) is 32.7 Å². The maximum Gasteiger partial charge on any atom is 0.161 e. The number of benzene rings is 2. The second-order valence-corrected chi connectivity index (χ2v) is 7.24. The molecule has 4 nitrogen and oxygen atoms in total. The van der Waals surface area contributed by atoms with Crippen molar-refractivity contribution in [3.63, 3.8) is 0 Å². The molecule has 0 amide bonds. The lowest BCUT2D eigenvalue weighted by Crippen LogP contribution is -1.99. The summed E-state index contributed by atoms with van der Waals surface area (Å²) in [6, 6.07) is 15.3. The number of fused-ring (bicyclic) bond motifs is 1. The number of nitrogens with zero attached hydrogens (tertiary/aromatic N) is 1. The fourth-order valence-electron chi connectivity index (χ4n) is 3.11. The zero-order valence-corrected chi connectivity index (χ0v) is 16.7. The summed E-state index contributed by atoms with van der Waals surface area (Å²) in [7, 11) is 1.64. The number of halogens is 2. The molecule has 0 spiro atoms. The van der Waals surface area contributed by atoms with Crippen molar-refractivity contribution >= 4 is 34.2 Å². The molecular weight excluding hydrogens is 395 g/mol. The van der Waals surface area contributed by atoms with Crippen LogP contribution < -0.4 is 9.47 Å². The average Bonchev–Trinajstić information content (AvgIpc) is 3.11. The van der Waals surface area contributed by atoms with Gasteiger partial charge in [-0.1, -0.05) is 35.3 Å². The van der Waals surface area contributed by atoms with Crippen molar-refractivity contribution in [2.75, 3.05) is 7.11 Å². The molecule has 0 saturated heterocycles. The second kappa shape index (κ2) is 8.13. The van der Waals surface area contributed by atoms with Gasteiger partial charge in [0.05, 0.1) is 7.11 Å². The third-order valence-corrected chi connectivity index (χ3v) is 5.14. The van der Waals surface area contributed by atoms with Crippen molar-refractivity contribution in [2.24, 2.45) is 0 Å². The van der Waals surface area contributed by atoms with Gasteiger partial charge in [-0.05, 0) is 53.9 Å². The summed E-state index contributed by atoms with van der Waals surface area (Å²) >= 11 is 12.2. The molecule has 28 heavy (non-hydrogen) atoms. The van der Waals surface area contributed by atoms with Crippen LogP contribution >= 0.6 is 23.2 Å². The van der Waals surface area contributed by atoms with E-state index in [0.29, 0.717) is 28.2 Å². The molecule has 0 saturated carbocycles. The average molecular weight is 413 g/mol. The minimum absolute atomic E-state index is 0.333. The van der Waals surface area contributed by atoms with Gasteiger partial charge in [-0.2, -0.15) is 0 Å². The SMILES string of the molecule is COc1cc(Cc2c[nH]c3ncccc23)ccc1OCc1ccc(Cl)cc1Cl. The molecule has 142 valence electrons. The van der Waals surface area contributed by atoms with E-state index in [-0.39, 0.29) is 0 Å². The summed E-state index contributed by atoms with van der Waals surface area (Å²) < 4.78 is 11.5. The molecule has 4 rings (SSSR count). The Kier molecular flexibility index (Phi) is 5.42. The summed E-state index contributed by atoms with van der Waals surface area (Å²) in [4.78, 5) is 7.54. The third kappa shape index (κ3) is 3.93. The monoisotopic (exact) mass is 412 g/mol. The van der Waals surface area contributed by atoms with E-state index < -0.39 is 0 Å². The Balaban J connectivity index is 1.52. The van der Waals surface area contributed by atoms with Crippen LogP contribution in [-0.2, 0) is 13.0 Å². The lowest BCUT2D eigenvalue weighted by atomic mass is 10.0. The Morgan fingerprint density at radius 2 is 1.89 bits per heavy atom. The summed E-state index contributed by atoms with van der Waals surface area (Å²) in [6.07, 6.45) is 4.55. The number of hydrogen-bond acceptors (Lipinski definition) is 3. The highest BCUT2D eigenvalue weighted by atomic mass is 35.5. The summed E-state index contributed by atoms with van der Waals surface area (Å²) in [5, 5.41) is 2.30. The van der Waals surface area contributed by atoms with Crippen LogP contribution in [0.1, 0.15) is 16.7 Å². The minimum Gasteiger partial charge on any atom is -0.493 e. The smallest absolute Gasteiger partial charge is 0.161 e. The van der Waals surface area contributed by atoms with E-state index >= 15 is 0 Å². The van der Waals surface area contributed by atoms with E-state index in [0.717, 1.165) is 28.6 Å². The van der Waals surface area contributed by atoms with E-state index in [1.54, 1.807) is 25.4 Å². The molecule has 0 radical (unpaired) electrons. The predicted molar refractivity (Wildman–Crippen MR) is 113 cm³/mol. The van der Waals surface area contributed by atoms with Crippen LogP contribution in [0.2, 0.25) is 10.0 Å². The standard InChI is InChI=1S/C22H18Cl2N2O2/c1-27-21-10-14(9-16-12-26-22-18(16)3-2-8-25-22)4-7-20(21)28-13-15-5-6-17(23)11-19(15)24/h2-8,10-12H,9,13H2,1H3,(H,25,26). The van der Waals surface area contributed by atoms with Gasteiger partial charge in [0, 0.05) is 33.4 Å². The van der Waals surface area contributed by atoms with Crippen LogP contribution in [0, 0.1) is 0 Å². The van der Waals surface area contributed by atoms with Crippen molar-refractivity contribution in [3.05, 3.63) is 87.7 Å². The lowest BCUT2D eigenvalue weighted by Gasteiger charge is -2.13. The Morgan fingerprint density at radius 1 is 1.00 bits per heavy atom. The van der Waals surface area contributed by atoms with Crippen LogP contribution in [0.3, 0.4) is 0 Å². The molecule has 0 atom stereocenters. The number of ether oxygens (including phenoxy) is 2. The van der Waals surface area contributed by atoms with Crippen molar-refractivity contribution in [1.29, 1.82) is 0 Å². The maximum atomic E-state index is 6.22. The van der Waals surface area contributed by atoms with Crippen LogP contribution in [0.15, 0.2) is 60.9 Å². The zero-order chi connectivity index (χ0) is 19.5. The van der Waals surface area contributed by atoms with Crippen LogP contribution in [0.25, 0.3) is 11.0 Å². The molecule has 2 aromatic heterocycles. The number of hydrogen-bond donors (Lipinski definition) is 1. The first-order valence-corrected chi connectivity index (χ1v) is 9.54. The molecule has 0 bridgehead atoms. The van der Waals surface area contributed by atoms with Gasteiger partial charge >= 0.3 is 0 Å². The number of methoxy groups -OCH3 is 1. The molecule has 0 unspecified atom stereocenters. The molecule has 0 fully saturated rings. The summed E-state index contributed by atoms with van der Waals surface area (Å²) in [6.45, 7) is 0.333. The molecule has 0 aliphatic heterocycles. The molecule has 4 aromatic rings. The highest BCUT2D eigenvalue weighted by Gasteiger charge is 2.10. The minimum atomic E-state index is 0.333. The number of aromatic nitrogens is 2. The molecule has 6 heteroatoms. The van der Waals surface area contributed by atoms with E-state index in [2.05, 4.69) is 16.0 Å². The molecule has 1 N–H and O–H groups in total. The van der Waals surface area contributed by atoms with E-state index in [1.807, 2.05) is 36.5 Å². The number of H-pyrrole nitrogens is 1. The van der Waals surface area contributed by atoms with Crippen molar-refractivity contribution in [3.8, 4) is 11.5 Å². The fraction of sp³-hybridized carbons (Fsp3) is 0.136. The van der Waals surface area contributed by atoms with E-state index in [1.165, 1.54) is 5.56 Å². The fourth-order valence-corrected chi connectivity index (χ4v) is 3.58. The Labute approximate surface area is 173 Å². The Morgan fingerprint density at radius 3 is 2.71 bits per heavy atom. The van der Waals surface area contributed by atoms with Gasteiger partial charge < -0.3 is 14.5 Å². The largest absolute Gasteiger partial charge is 0.493 e. The maximum absolute atomic E-state index is 6.22. The Hall–Kier alpha value is -2.69. The quantitative estimate of drug-likeness (QED) is 0.419. The summed E-state index contributed by atoms with van der Waals surface area (Å²) in [5.74, 6) is 1.35. The number of rotatable bonds is 6. The first-order valence-electron chi connectivity index (χ1n) is 8.78. The first kappa shape index (κ1) is 18.7. The van der Waals surface area contributed by atoms with Gasteiger partial charge in [0.1, 0.15) is 12.3 Å². The first-order chi connectivity index (χ1) is 13.6. The molecule has 0 aliphatic carbocycles. The van der Waals surface area contributed by atoms with Crippen LogP contribution in [-0.4, -0.2) is 17.1 Å². The Bertz CT molecular complexity index is 1120. The number of pyridine rings is 1. The van der Waals surface area contributed by atoms with Crippen LogP contribution in [0.4, 0.5) is 0 Å². The number of nitrogens with one attached hydrogen (secondary N) is 1. The van der Waals surface area contributed by atoms with E-state index in [9.17, 15) is 0 Å². The molecule has 2 heterocycles. The molecular formula is C22H18Cl2N2O2. The second-order valence-electron chi connectivity index (χ2n) is 6.40. The van der Waals surface area contributed by atoms with Crippen molar-refractivity contribution in [2.45, 2.75) is 13.0 Å². The third-order valence-electron chi connectivity index (χ3n) is 4.56. The molecule has 2 aromatic carbocycles. The topological polar surface area (TPSA) is 47.1 Å². The van der Waals surface area contributed by atoms with Crippen molar-refractivity contribution in [1.82, 2.24) is 9.97 Å².